The van der Waals surface area contributed by atoms with E-state index >= 15 is 0 Å². The first kappa shape index (κ1) is 20.6. The summed E-state index contributed by atoms with van der Waals surface area (Å²) in [6, 6.07) is 17.5. The fourth-order valence-corrected chi connectivity index (χ4v) is 3.70. The van der Waals surface area contributed by atoms with Crippen LogP contribution in [0, 0.1) is 12.7 Å². The molecule has 8 heteroatoms. The minimum Gasteiger partial charge on any atom is -0.488 e. The van der Waals surface area contributed by atoms with Gasteiger partial charge in [-0.25, -0.2) is 9.18 Å². The van der Waals surface area contributed by atoms with E-state index in [0.717, 1.165) is 22.5 Å². The number of hydrogen-bond donors (Lipinski definition) is 1. The van der Waals surface area contributed by atoms with Gasteiger partial charge in [-0.15, -0.1) is 10.2 Å². The van der Waals surface area contributed by atoms with Gasteiger partial charge in [-0.2, -0.15) is 0 Å². The van der Waals surface area contributed by atoms with E-state index in [1.54, 1.807) is 31.2 Å². The highest BCUT2D eigenvalue weighted by atomic mass is 32.2. The smallest absolute Gasteiger partial charge is 0.342 e. The second kappa shape index (κ2) is 9.01. The molecule has 6 nitrogen and oxygen atoms in total. The fourth-order valence-electron chi connectivity index (χ4n) is 3.00. The molecular weight excluding hydrogens is 419 g/mol. The summed E-state index contributed by atoms with van der Waals surface area (Å²) >= 11 is 0.852. The van der Waals surface area contributed by atoms with Crippen molar-refractivity contribution >= 4 is 34.6 Å². The standard InChI is InChI=1S/C23H17FN2O4S/c1-14-25-26-23(30-14)31-21(22(27)28)12-18-17-8-4-2-6-15(17)10-11-20(18)29-13-16-7-3-5-9-19(16)24/h2-12H,13H2,1H3,(H,27,28)/b21-12-. The number of rotatable bonds is 7. The van der Waals surface area contributed by atoms with Gasteiger partial charge in [0.1, 0.15) is 23.1 Å². The SMILES string of the molecule is Cc1nnc(S/C(=C\c2c(OCc3ccccc3F)ccc3ccccc23)C(=O)O)o1. The van der Waals surface area contributed by atoms with Crippen LogP contribution in [0.5, 0.6) is 5.75 Å². The van der Waals surface area contributed by atoms with Crippen molar-refractivity contribution in [3.05, 3.63) is 88.4 Å². The number of thioether (sulfide) groups is 1. The molecule has 3 aromatic carbocycles. The molecule has 0 aliphatic carbocycles. The maximum Gasteiger partial charge on any atom is 0.342 e. The van der Waals surface area contributed by atoms with Gasteiger partial charge in [0.2, 0.25) is 5.89 Å². The third kappa shape index (κ3) is 4.75. The Morgan fingerprint density at radius 3 is 2.65 bits per heavy atom. The molecule has 0 aliphatic heterocycles. The Morgan fingerprint density at radius 1 is 1.13 bits per heavy atom. The van der Waals surface area contributed by atoms with E-state index in [-0.39, 0.29) is 22.6 Å². The Morgan fingerprint density at radius 2 is 1.90 bits per heavy atom. The molecule has 0 saturated heterocycles. The monoisotopic (exact) mass is 436 g/mol. The molecule has 4 rings (SSSR count). The Bertz CT molecular complexity index is 1290. The number of carbonyl (C=O) groups is 1. The Kier molecular flexibility index (Phi) is 5.99. The third-order valence-electron chi connectivity index (χ3n) is 4.46. The van der Waals surface area contributed by atoms with Crippen molar-refractivity contribution in [2.24, 2.45) is 0 Å². The molecule has 0 bridgehead atoms. The summed E-state index contributed by atoms with van der Waals surface area (Å²) in [6.07, 6.45) is 1.51. The molecule has 0 aliphatic rings. The molecule has 1 heterocycles. The number of aromatic nitrogens is 2. The Hall–Kier alpha value is -3.65. The van der Waals surface area contributed by atoms with Crippen LogP contribution in [0.4, 0.5) is 4.39 Å². The molecule has 0 saturated carbocycles. The van der Waals surface area contributed by atoms with E-state index in [9.17, 15) is 14.3 Å². The minimum atomic E-state index is -1.14. The van der Waals surface area contributed by atoms with Gasteiger partial charge in [0.25, 0.3) is 5.22 Å². The molecule has 4 aromatic rings. The molecule has 0 fully saturated rings. The topological polar surface area (TPSA) is 85.5 Å². The van der Waals surface area contributed by atoms with Gasteiger partial charge in [-0.05, 0) is 40.7 Å². The zero-order chi connectivity index (χ0) is 21.8. The number of aliphatic carboxylic acids is 1. The van der Waals surface area contributed by atoms with Crippen LogP contribution >= 0.6 is 11.8 Å². The summed E-state index contributed by atoms with van der Waals surface area (Å²) in [5.74, 6) is -0.739. The second-order valence-electron chi connectivity index (χ2n) is 6.58. The van der Waals surface area contributed by atoms with Gasteiger partial charge in [-0.3, -0.25) is 0 Å². The largest absolute Gasteiger partial charge is 0.488 e. The summed E-state index contributed by atoms with van der Waals surface area (Å²) in [5.41, 5.74) is 0.968. The molecule has 0 spiro atoms. The van der Waals surface area contributed by atoms with Crippen molar-refractivity contribution in [3.63, 3.8) is 0 Å². The number of carboxylic acid groups (broad SMARTS) is 1. The summed E-state index contributed by atoms with van der Waals surface area (Å²) in [7, 11) is 0. The lowest BCUT2D eigenvalue weighted by atomic mass is 10.0. The first-order chi connectivity index (χ1) is 15.0. The van der Waals surface area contributed by atoms with Crippen LogP contribution in [0.2, 0.25) is 0 Å². The van der Waals surface area contributed by atoms with Crippen LogP contribution in [0.1, 0.15) is 17.0 Å². The van der Waals surface area contributed by atoms with Crippen molar-refractivity contribution in [2.75, 3.05) is 0 Å². The number of fused-ring (bicyclic) bond motifs is 1. The number of ether oxygens (including phenoxy) is 1. The quantitative estimate of drug-likeness (QED) is 0.304. The average Bonchev–Trinajstić information content (AvgIpc) is 3.18. The zero-order valence-electron chi connectivity index (χ0n) is 16.4. The van der Waals surface area contributed by atoms with Crippen LogP contribution in [-0.2, 0) is 11.4 Å². The highest BCUT2D eigenvalue weighted by molar-refractivity contribution is 8.03. The number of carboxylic acids is 1. The average molecular weight is 436 g/mol. The lowest BCUT2D eigenvalue weighted by molar-refractivity contribution is -0.131. The molecule has 1 aromatic heterocycles. The normalized spacial score (nSPS) is 11.6. The van der Waals surface area contributed by atoms with Gasteiger partial charge in [0.15, 0.2) is 0 Å². The van der Waals surface area contributed by atoms with Crippen molar-refractivity contribution in [2.45, 2.75) is 18.8 Å². The fraction of sp³-hybridized carbons (Fsp3) is 0.0870. The Labute approximate surface area is 181 Å². The van der Waals surface area contributed by atoms with E-state index in [0.29, 0.717) is 22.8 Å². The molecule has 0 atom stereocenters. The zero-order valence-corrected chi connectivity index (χ0v) is 17.2. The molecule has 0 radical (unpaired) electrons. The van der Waals surface area contributed by atoms with Gasteiger partial charge < -0.3 is 14.3 Å². The summed E-state index contributed by atoms with van der Waals surface area (Å²) in [5, 5.41) is 19.2. The first-order valence-electron chi connectivity index (χ1n) is 9.32. The summed E-state index contributed by atoms with van der Waals surface area (Å²) < 4.78 is 25.2. The summed E-state index contributed by atoms with van der Waals surface area (Å²) in [4.78, 5) is 11.9. The minimum absolute atomic E-state index is 0.00422. The molecular formula is C23H17FN2O4S. The van der Waals surface area contributed by atoms with Crippen molar-refractivity contribution in [3.8, 4) is 5.75 Å². The number of aryl methyl sites for hydroxylation is 1. The van der Waals surface area contributed by atoms with E-state index in [1.807, 2.05) is 30.3 Å². The van der Waals surface area contributed by atoms with Gasteiger partial charge in [0, 0.05) is 18.1 Å². The van der Waals surface area contributed by atoms with Crippen LogP contribution in [-0.4, -0.2) is 21.3 Å². The van der Waals surface area contributed by atoms with Crippen molar-refractivity contribution in [1.82, 2.24) is 10.2 Å². The number of benzene rings is 3. The van der Waals surface area contributed by atoms with Crippen LogP contribution in [0.25, 0.3) is 16.8 Å². The predicted molar refractivity (Wildman–Crippen MR) is 115 cm³/mol. The lowest BCUT2D eigenvalue weighted by Crippen LogP contribution is -2.01. The highest BCUT2D eigenvalue weighted by Gasteiger charge is 2.17. The molecule has 0 amide bonds. The third-order valence-corrected chi connectivity index (χ3v) is 5.31. The van der Waals surface area contributed by atoms with Gasteiger partial charge in [0.05, 0.1) is 0 Å². The van der Waals surface area contributed by atoms with Gasteiger partial charge >= 0.3 is 5.97 Å². The number of hydrogen-bond acceptors (Lipinski definition) is 6. The maximum atomic E-state index is 14.0. The summed E-state index contributed by atoms with van der Waals surface area (Å²) in [6.45, 7) is 1.63. The van der Waals surface area contributed by atoms with E-state index in [2.05, 4.69) is 10.2 Å². The highest BCUT2D eigenvalue weighted by Crippen LogP contribution is 2.34. The second-order valence-corrected chi connectivity index (χ2v) is 7.57. The van der Waals surface area contributed by atoms with Crippen LogP contribution < -0.4 is 4.74 Å². The molecule has 31 heavy (non-hydrogen) atoms. The maximum absolute atomic E-state index is 14.0. The van der Waals surface area contributed by atoms with Crippen LogP contribution in [0.3, 0.4) is 0 Å². The Balaban J connectivity index is 1.76. The van der Waals surface area contributed by atoms with Crippen LogP contribution in [0.15, 0.2) is 75.2 Å². The number of nitrogens with zero attached hydrogens (tertiary/aromatic N) is 2. The molecule has 0 unspecified atom stereocenters. The molecule has 1 N–H and O–H groups in total. The van der Waals surface area contributed by atoms with E-state index in [1.165, 1.54) is 12.1 Å². The van der Waals surface area contributed by atoms with Gasteiger partial charge in [-0.1, -0.05) is 48.5 Å². The first-order valence-corrected chi connectivity index (χ1v) is 10.1. The van der Waals surface area contributed by atoms with Crippen molar-refractivity contribution in [1.29, 1.82) is 0 Å². The van der Waals surface area contributed by atoms with Crippen molar-refractivity contribution < 1.29 is 23.4 Å². The van der Waals surface area contributed by atoms with E-state index in [4.69, 9.17) is 9.15 Å². The number of halogens is 1. The van der Waals surface area contributed by atoms with E-state index < -0.39 is 5.97 Å². The lowest BCUT2D eigenvalue weighted by Gasteiger charge is -2.13. The predicted octanol–water partition coefficient (Wildman–Crippen LogP) is 5.47. The molecule has 156 valence electrons.